The Labute approximate surface area is 105 Å². The summed E-state index contributed by atoms with van der Waals surface area (Å²) in [6.45, 7) is 3.98. The average molecular weight is 291 g/mol. The normalized spacial score (nSPS) is 15.7. The highest BCUT2D eigenvalue weighted by Gasteiger charge is 2.32. The Morgan fingerprint density at radius 3 is 2.06 bits per heavy atom. The highest BCUT2D eigenvalue weighted by Crippen LogP contribution is 2.22. The molecule has 5 nitrogen and oxygen atoms in total. The van der Waals surface area contributed by atoms with Crippen LogP contribution in [-0.2, 0) is 10.2 Å². The minimum Gasteiger partial charge on any atom is -0.330 e. The van der Waals surface area contributed by atoms with E-state index in [0.717, 1.165) is 0 Å². The third-order valence-corrected chi connectivity index (χ3v) is 3.38. The van der Waals surface area contributed by atoms with E-state index in [2.05, 4.69) is 4.72 Å². The Kier molecular flexibility index (Phi) is 6.05. The van der Waals surface area contributed by atoms with Crippen molar-refractivity contribution < 1.29 is 21.6 Å². The van der Waals surface area contributed by atoms with E-state index in [9.17, 15) is 21.6 Å². The van der Waals surface area contributed by atoms with Crippen LogP contribution < -0.4 is 15.2 Å². The molecule has 0 aliphatic carbocycles. The van der Waals surface area contributed by atoms with Crippen molar-refractivity contribution in [2.45, 2.75) is 39.4 Å². The first-order valence-electron chi connectivity index (χ1n) is 5.41. The SMILES string of the molecule is CC(C)(C)C(CCN)NS(=O)(=O)NCC(F)(F)F. The van der Waals surface area contributed by atoms with Gasteiger partial charge < -0.3 is 5.73 Å². The van der Waals surface area contributed by atoms with Gasteiger partial charge in [0.1, 0.15) is 6.54 Å². The van der Waals surface area contributed by atoms with E-state index in [1.54, 1.807) is 20.8 Å². The van der Waals surface area contributed by atoms with Crippen molar-refractivity contribution >= 4 is 10.2 Å². The molecule has 0 bridgehead atoms. The largest absolute Gasteiger partial charge is 0.402 e. The molecule has 1 atom stereocenters. The van der Waals surface area contributed by atoms with Gasteiger partial charge in [-0.15, -0.1) is 0 Å². The molecule has 0 radical (unpaired) electrons. The predicted molar refractivity (Wildman–Crippen MR) is 63.0 cm³/mol. The van der Waals surface area contributed by atoms with E-state index in [0.29, 0.717) is 6.42 Å². The first-order chi connectivity index (χ1) is 7.87. The van der Waals surface area contributed by atoms with Gasteiger partial charge in [-0.2, -0.15) is 31.0 Å². The summed E-state index contributed by atoms with van der Waals surface area (Å²) in [5.74, 6) is 0. The van der Waals surface area contributed by atoms with Gasteiger partial charge >= 0.3 is 6.18 Å². The van der Waals surface area contributed by atoms with Gasteiger partial charge in [-0.25, -0.2) is 0 Å². The third kappa shape index (κ3) is 7.85. The number of nitrogens with two attached hydrogens (primary N) is 1. The second-order valence-corrected chi connectivity index (χ2v) is 6.58. The molecule has 0 rings (SSSR count). The van der Waals surface area contributed by atoms with Crippen LogP contribution >= 0.6 is 0 Å². The fourth-order valence-corrected chi connectivity index (χ4v) is 2.52. The molecule has 18 heavy (non-hydrogen) atoms. The van der Waals surface area contributed by atoms with E-state index in [4.69, 9.17) is 5.73 Å². The van der Waals surface area contributed by atoms with Gasteiger partial charge in [-0.05, 0) is 18.4 Å². The van der Waals surface area contributed by atoms with Crippen molar-refractivity contribution in [3.8, 4) is 0 Å². The molecule has 110 valence electrons. The Hall–Kier alpha value is -0.380. The van der Waals surface area contributed by atoms with Crippen LogP contribution in [0.3, 0.4) is 0 Å². The second kappa shape index (κ2) is 6.18. The summed E-state index contributed by atoms with van der Waals surface area (Å²) < 4.78 is 62.3. The van der Waals surface area contributed by atoms with Gasteiger partial charge in [0.05, 0.1) is 0 Å². The molecule has 0 saturated carbocycles. The van der Waals surface area contributed by atoms with Gasteiger partial charge in [0.15, 0.2) is 0 Å². The third-order valence-electron chi connectivity index (χ3n) is 2.26. The van der Waals surface area contributed by atoms with Gasteiger partial charge in [-0.1, -0.05) is 20.8 Å². The molecule has 0 saturated heterocycles. The number of hydrogen-bond donors (Lipinski definition) is 3. The fourth-order valence-electron chi connectivity index (χ4n) is 1.24. The lowest BCUT2D eigenvalue weighted by Crippen LogP contribution is -2.50. The van der Waals surface area contributed by atoms with E-state index < -0.39 is 34.4 Å². The Bertz CT molecular complexity index is 349. The van der Waals surface area contributed by atoms with Crippen LogP contribution in [0.25, 0.3) is 0 Å². The monoisotopic (exact) mass is 291 g/mol. The van der Waals surface area contributed by atoms with Gasteiger partial charge in [0.2, 0.25) is 0 Å². The summed E-state index contributed by atoms with van der Waals surface area (Å²) in [6, 6.07) is -0.534. The maximum absolute atomic E-state index is 11.9. The lowest BCUT2D eigenvalue weighted by atomic mass is 9.85. The first-order valence-corrected chi connectivity index (χ1v) is 6.89. The smallest absolute Gasteiger partial charge is 0.330 e. The molecule has 0 heterocycles. The minimum atomic E-state index is -4.58. The molecule has 0 aromatic carbocycles. The zero-order valence-corrected chi connectivity index (χ0v) is 11.5. The maximum Gasteiger partial charge on any atom is 0.402 e. The van der Waals surface area contributed by atoms with Crippen molar-refractivity contribution in [3.63, 3.8) is 0 Å². The van der Waals surface area contributed by atoms with Gasteiger partial charge in [0.25, 0.3) is 10.2 Å². The molecular formula is C9H20F3N3O2S. The predicted octanol–water partition coefficient (Wildman–Crippen LogP) is 0.736. The topological polar surface area (TPSA) is 84.2 Å². The van der Waals surface area contributed by atoms with E-state index in [1.165, 1.54) is 4.72 Å². The van der Waals surface area contributed by atoms with Gasteiger partial charge in [0, 0.05) is 6.04 Å². The van der Waals surface area contributed by atoms with E-state index >= 15 is 0 Å². The molecule has 0 aliphatic rings. The summed E-state index contributed by atoms with van der Waals surface area (Å²) in [5, 5.41) is 0. The molecule has 0 aromatic heterocycles. The number of halogens is 3. The summed E-state index contributed by atoms with van der Waals surface area (Å²) in [6.07, 6.45) is -4.24. The van der Waals surface area contributed by atoms with Crippen molar-refractivity contribution in [2.24, 2.45) is 11.1 Å². The Balaban J connectivity index is 4.62. The zero-order chi connectivity index (χ0) is 14.6. The maximum atomic E-state index is 11.9. The van der Waals surface area contributed by atoms with Crippen molar-refractivity contribution in [3.05, 3.63) is 0 Å². The van der Waals surface area contributed by atoms with Gasteiger partial charge in [-0.3, -0.25) is 0 Å². The summed E-state index contributed by atoms with van der Waals surface area (Å²) in [7, 11) is -4.19. The Morgan fingerprint density at radius 2 is 1.72 bits per heavy atom. The molecular weight excluding hydrogens is 271 g/mol. The average Bonchev–Trinajstić information content (AvgIpc) is 2.12. The lowest BCUT2D eigenvalue weighted by Gasteiger charge is -2.31. The molecule has 4 N–H and O–H groups in total. The molecule has 0 amide bonds. The van der Waals surface area contributed by atoms with Crippen molar-refractivity contribution in [1.82, 2.24) is 9.44 Å². The van der Waals surface area contributed by atoms with Crippen LogP contribution in [0.4, 0.5) is 13.2 Å². The van der Waals surface area contributed by atoms with Crippen LogP contribution in [0, 0.1) is 5.41 Å². The number of nitrogens with one attached hydrogen (secondary N) is 2. The van der Waals surface area contributed by atoms with Crippen molar-refractivity contribution in [1.29, 1.82) is 0 Å². The van der Waals surface area contributed by atoms with Crippen molar-refractivity contribution in [2.75, 3.05) is 13.1 Å². The fraction of sp³-hybridized carbons (Fsp3) is 1.00. The molecule has 9 heteroatoms. The summed E-state index contributed by atoms with van der Waals surface area (Å²) in [4.78, 5) is 0. The highest BCUT2D eigenvalue weighted by molar-refractivity contribution is 7.87. The van der Waals surface area contributed by atoms with E-state index in [-0.39, 0.29) is 6.54 Å². The highest BCUT2D eigenvalue weighted by atomic mass is 32.2. The molecule has 0 aromatic rings. The quantitative estimate of drug-likeness (QED) is 0.675. The minimum absolute atomic E-state index is 0.240. The number of alkyl halides is 3. The van der Waals surface area contributed by atoms with Crippen LogP contribution in [0.15, 0.2) is 0 Å². The summed E-state index contributed by atoms with van der Waals surface area (Å²) >= 11 is 0. The number of hydrogen-bond acceptors (Lipinski definition) is 3. The lowest BCUT2D eigenvalue weighted by molar-refractivity contribution is -0.121. The zero-order valence-electron chi connectivity index (χ0n) is 10.6. The van der Waals surface area contributed by atoms with E-state index in [1.807, 2.05) is 0 Å². The summed E-state index contributed by atoms with van der Waals surface area (Å²) in [5.41, 5.74) is 4.91. The standard InChI is InChI=1S/C9H20F3N3O2S/c1-8(2,3)7(4-5-13)15-18(16,17)14-6-9(10,11)12/h7,14-15H,4-6,13H2,1-3H3. The van der Waals surface area contributed by atoms with Crippen LogP contribution in [0.5, 0.6) is 0 Å². The molecule has 0 aliphatic heterocycles. The number of rotatable bonds is 6. The molecule has 0 fully saturated rings. The Morgan fingerprint density at radius 1 is 1.22 bits per heavy atom. The van der Waals surface area contributed by atoms with Crippen LogP contribution in [0.2, 0.25) is 0 Å². The molecule has 1 unspecified atom stereocenters. The first kappa shape index (κ1) is 17.6. The van der Waals surface area contributed by atoms with Crippen LogP contribution in [0.1, 0.15) is 27.2 Å². The van der Waals surface area contributed by atoms with Crippen LogP contribution in [-0.4, -0.2) is 33.7 Å². The molecule has 0 spiro atoms. The second-order valence-electron chi connectivity index (χ2n) is 5.05.